The number of carbonyl (C=O) groups excluding carboxylic acids is 1. The average molecular weight is 320 g/mol. The third-order valence-corrected chi connectivity index (χ3v) is 7.75. The van der Waals surface area contributed by atoms with Gasteiger partial charge in [-0.15, -0.1) is 0 Å². The van der Waals surface area contributed by atoms with Gasteiger partial charge in [-0.25, -0.2) is 0 Å². The third-order valence-electron chi connectivity index (χ3n) is 7.75. The van der Waals surface area contributed by atoms with Crippen LogP contribution in [0.1, 0.15) is 52.4 Å². The highest BCUT2D eigenvalue weighted by Gasteiger charge is 2.63. The SMILES string of the molecule is C[C@]12CC[C@H](O)CC1=C[C@H](O)[C@@H]1C2[C@H](O)C[C@]2(C)C(=O)CCC12. The Balaban J connectivity index is 1.79. The minimum Gasteiger partial charge on any atom is -0.393 e. The van der Waals surface area contributed by atoms with Gasteiger partial charge in [-0.05, 0) is 55.3 Å². The second kappa shape index (κ2) is 4.90. The summed E-state index contributed by atoms with van der Waals surface area (Å²) < 4.78 is 0. The minimum absolute atomic E-state index is 0.00558. The number of carbonyl (C=O) groups is 1. The van der Waals surface area contributed by atoms with Gasteiger partial charge < -0.3 is 15.3 Å². The van der Waals surface area contributed by atoms with Crippen molar-refractivity contribution in [3.63, 3.8) is 0 Å². The van der Waals surface area contributed by atoms with E-state index in [0.29, 0.717) is 19.3 Å². The van der Waals surface area contributed by atoms with Crippen LogP contribution >= 0.6 is 0 Å². The highest BCUT2D eigenvalue weighted by molar-refractivity contribution is 5.87. The zero-order valence-corrected chi connectivity index (χ0v) is 14.0. The van der Waals surface area contributed by atoms with Crippen molar-refractivity contribution >= 4 is 5.78 Å². The van der Waals surface area contributed by atoms with Crippen molar-refractivity contribution in [2.75, 3.05) is 0 Å². The van der Waals surface area contributed by atoms with Crippen LogP contribution in [0, 0.1) is 28.6 Å². The molecule has 128 valence electrons. The molecule has 0 aliphatic heterocycles. The number of hydrogen-bond acceptors (Lipinski definition) is 4. The Morgan fingerprint density at radius 1 is 1.13 bits per heavy atom. The lowest BCUT2D eigenvalue weighted by Gasteiger charge is -2.59. The van der Waals surface area contributed by atoms with Gasteiger partial charge >= 0.3 is 0 Å². The zero-order chi connectivity index (χ0) is 16.6. The topological polar surface area (TPSA) is 77.8 Å². The summed E-state index contributed by atoms with van der Waals surface area (Å²) in [5.74, 6) is 0.374. The predicted molar refractivity (Wildman–Crippen MR) is 85.5 cm³/mol. The number of fused-ring (bicyclic) bond motifs is 5. The van der Waals surface area contributed by atoms with Crippen molar-refractivity contribution in [1.82, 2.24) is 0 Å². The number of aliphatic hydroxyl groups excluding tert-OH is 3. The molecule has 4 heteroatoms. The summed E-state index contributed by atoms with van der Waals surface area (Å²) in [6, 6.07) is 0. The normalized spacial score (nSPS) is 55.7. The van der Waals surface area contributed by atoms with Crippen molar-refractivity contribution < 1.29 is 20.1 Å². The lowest BCUT2D eigenvalue weighted by Crippen LogP contribution is -2.59. The fraction of sp³-hybridized carbons (Fsp3) is 0.842. The summed E-state index contributed by atoms with van der Waals surface area (Å²) in [5.41, 5.74) is 0.476. The quantitative estimate of drug-likeness (QED) is 0.595. The van der Waals surface area contributed by atoms with Crippen molar-refractivity contribution in [3.05, 3.63) is 11.6 Å². The average Bonchev–Trinajstić information content (AvgIpc) is 2.76. The molecule has 0 radical (unpaired) electrons. The Bertz CT molecular complexity index is 570. The first kappa shape index (κ1) is 15.8. The number of ketones is 1. The van der Waals surface area contributed by atoms with Gasteiger partial charge in [0.2, 0.25) is 0 Å². The van der Waals surface area contributed by atoms with E-state index in [9.17, 15) is 20.1 Å². The number of aliphatic hydroxyl groups is 3. The standard InChI is InChI=1S/C19H28O4/c1-18-6-5-11(20)7-10(18)8-13(21)16-12-3-4-15(23)19(12,2)9-14(22)17(16)18/h8,11-14,16-17,20-22H,3-7,9H2,1-2H3/t11-,12?,13-,14+,16+,17?,18-,19-/m0/s1. The lowest BCUT2D eigenvalue weighted by molar-refractivity contribution is -0.157. The molecule has 3 N–H and O–H groups in total. The van der Waals surface area contributed by atoms with Crippen molar-refractivity contribution in [2.24, 2.45) is 28.6 Å². The minimum atomic E-state index is -0.612. The molecule has 2 unspecified atom stereocenters. The summed E-state index contributed by atoms with van der Waals surface area (Å²) in [6.07, 6.45) is 4.57. The maximum absolute atomic E-state index is 12.4. The molecule has 0 aromatic carbocycles. The molecule has 4 aliphatic carbocycles. The van der Waals surface area contributed by atoms with Crippen LogP contribution < -0.4 is 0 Å². The molecule has 8 atom stereocenters. The van der Waals surface area contributed by atoms with Crippen LogP contribution in [0.3, 0.4) is 0 Å². The molecule has 23 heavy (non-hydrogen) atoms. The maximum Gasteiger partial charge on any atom is 0.139 e. The molecule has 0 heterocycles. The molecule has 3 saturated carbocycles. The van der Waals surface area contributed by atoms with E-state index in [1.807, 2.05) is 13.0 Å². The molecule has 0 aromatic rings. The van der Waals surface area contributed by atoms with Crippen molar-refractivity contribution in [3.8, 4) is 0 Å². The predicted octanol–water partition coefficient (Wildman–Crippen LogP) is 1.82. The fourth-order valence-corrected chi connectivity index (χ4v) is 6.52. The van der Waals surface area contributed by atoms with E-state index >= 15 is 0 Å². The molecular formula is C19H28O4. The van der Waals surface area contributed by atoms with E-state index in [4.69, 9.17) is 0 Å². The Morgan fingerprint density at radius 2 is 1.87 bits per heavy atom. The summed E-state index contributed by atoms with van der Waals surface area (Å²) in [4.78, 5) is 12.4. The van der Waals surface area contributed by atoms with E-state index in [2.05, 4.69) is 6.92 Å². The summed E-state index contributed by atoms with van der Waals surface area (Å²) in [5, 5.41) is 31.8. The van der Waals surface area contributed by atoms with Crippen LogP contribution in [-0.2, 0) is 4.79 Å². The van der Waals surface area contributed by atoms with Crippen LogP contribution in [0.2, 0.25) is 0 Å². The molecule has 0 saturated heterocycles. The second-order valence-electron chi connectivity index (χ2n) is 8.86. The number of rotatable bonds is 0. The van der Waals surface area contributed by atoms with E-state index in [1.54, 1.807) is 0 Å². The van der Waals surface area contributed by atoms with E-state index < -0.39 is 17.6 Å². The summed E-state index contributed by atoms with van der Waals surface area (Å²) in [6.45, 7) is 4.18. The largest absolute Gasteiger partial charge is 0.393 e. The van der Waals surface area contributed by atoms with Gasteiger partial charge in [0.25, 0.3) is 0 Å². The van der Waals surface area contributed by atoms with Crippen LogP contribution in [0.15, 0.2) is 11.6 Å². The van der Waals surface area contributed by atoms with Gasteiger partial charge in [0.15, 0.2) is 0 Å². The molecule has 0 spiro atoms. The molecule has 3 fully saturated rings. The Morgan fingerprint density at radius 3 is 2.61 bits per heavy atom. The van der Waals surface area contributed by atoms with Gasteiger partial charge in [-0.2, -0.15) is 0 Å². The molecular weight excluding hydrogens is 292 g/mol. The van der Waals surface area contributed by atoms with E-state index in [1.165, 1.54) is 0 Å². The number of hydrogen-bond donors (Lipinski definition) is 3. The molecule has 4 aliphatic rings. The first-order valence-corrected chi connectivity index (χ1v) is 9.06. The monoisotopic (exact) mass is 320 g/mol. The first-order chi connectivity index (χ1) is 10.8. The smallest absolute Gasteiger partial charge is 0.139 e. The maximum atomic E-state index is 12.4. The van der Waals surface area contributed by atoms with Crippen LogP contribution in [0.25, 0.3) is 0 Å². The highest BCUT2D eigenvalue weighted by atomic mass is 16.3. The molecule has 4 rings (SSSR count). The Labute approximate surface area is 137 Å². The Kier molecular flexibility index (Phi) is 3.37. The van der Waals surface area contributed by atoms with Gasteiger partial charge in [-0.1, -0.05) is 25.5 Å². The lowest BCUT2D eigenvalue weighted by atomic mass is 9.46. The van der Waals surface area contributed by atoms with Gasteiger partial charge in [0.1, 0.15) is 5.78 Å². The van der Waals surface area contributed by atoms with Gasteiger partial charge in [0.05, 0.1) is 18.3 Å². The van der Waals surface area contributed by atoms with Crippen LogP contribution in [-0.4, -0.2) is 39.4 Å². The van der Waals surface area contributed by atoms with Crippen molar-refractivity contribution in [2.45, 2.75) is 70.7 Å². The van der Waals surface area contributed by atoms with E-state index in [-0.39, 0.29) is 35.1 Å². The molecule has 0 amide bonds. The van der Waals surface area contributed by atoms with Crippen LogP contribution in [0.4, 0.5) is 0 Å². The number of Topliss-reactive ketones (excluding diaryl/α,β-unsaturated/α-hetero) is 1. The summed E-state index contributed by atoms with van der Waals surface area (Å²) in [7, 11) is 0. The highest BCUT2D eigenvalue weighted by Crippen LogP contribution is 2.63. The van der Waals surface area contributed by atoms with Crippen LogP contribution in [0.5, 0.6) is 0 Å². The zero-order valence-electron chi connectivity index (χ0n) is 14.0. The van der Waals surface area contributed by atoms with Crippen molar-refractivity contribution in [1.29, 1.82) is 0 Å². The second-order valence-corrected chi connectivity index (χ2v) is 8.86. The molecule has 0 bridgehead atoms. The first-order valence-electron chi connectivity index (χ1n) is 9.06. The van der Waals surface area contributed by atoms with Gasteiger partial charge in [-0.3, -0.25) is 4.79 Å². The van der Waals surface area contributed by atoms with Gasteiger partial charge in [0, 0.05) is 11.8 Å². The van der Waals surface area contributed by atoms with E-state index in [0.717, 1.165) is 24.8 Å². The fourth-order valence-electron chi connectivity index (χ4n) is 6.52. The summed E-state index contributed by atoms with van der Waals surface area (Å²) >= 11 is 0. The Hall–Kier alpha value is -0.710. The third kappa shape index (κ3) is 1.98. The molecule has 0 aromatic heterocycles. The molecule has 4 nitrogen and oxygen atoms in total.